The highest BCUT2D eigenvalue weighted by Gasteiger charge is 2.18. The van der Waals surface area contributed by atoms with E-state index < -0.39 is 0 Å². The number of fused-ring (bicyclic) bond motifs is 5. The molecule has 47 heavy (non-hydrogen) atoms. The predicted molar refractivity (Wildman–Crippen MR) is 202 cm³/mol. The largest absolute Gasteiger partial charge is 0.0622 e. The Morgan fingerprint density at radius 2 is 0.830 bits per heavy atom. The van der Waals surface area contributed by atoms with Gasteiger partial charge in [0, 0.05) is 0 Å². The summed E-state index contributed by atoms with van der Waals surface area (Å²) in [6, 6.07) is 66.7. The van der Waals surface area contributed by atoms with Crippen molar-refractivity contribution in [3.8, 4) is 33.4 Å². The molecule has 0 bridgehead atoms. The molecule has 0 atom stereocenters. The van der Waals surface area contributed by atoms with Crippen molar-refractivity contribution < 1.29 is 0 Å². The van der Waals surface area contributed by atoms with E-state index in [1.165, 1.54) is 87.6 Å². The summed E-state index contributed by atoms with van der Waals surface area (Å²) >= 11 is 0. The first-order chi connectivity index (χ1) is 23.3. The fourth-order valence-corrected chi connectivity index (χ4v) is 7.60. The minimum absolute atomic E-state index is 0.855. The average molecular weight is 597 g/mol. The lowest BCUT2D eigenvalue weighted by Gasteiger charge is -2.19. The normalized spacial score (nSPS) is 11.5. The number of hydrogen-bond acceptors (Lipinski definition) is 0. The van der Waals surface area contributed by atoms with Crippen molar-refractivity contribution in [3.63, 3.8) is 0 Å². The van der Waals surface area contributed by atoms with Gasteiger partial charge < -0.3 is 0 Å². The van der Waals surface area contributed by atoms with Crippen LogP contribution in [0.3, 0.4) is 0 Å². The van der Waals surface area contributed by atoms with E-state index in [1.54, 1.807) is 0 Å². The van der Waals surface area contributed by atoms with Crippen LogP contribution in [-0.2, 0) is 6.42 Å². The van der Waals surface area contributed by atoms with Gasteiger partial charge >= 0.3 is 0 Å². The molecule has 0 heterocycles. The quantitative estimate of drug-likeness (QED) is 0.137. The molecule has 0 nitrogen and oxygen atoms in total. The third-order valence-corrected chi connectivity index (χ3v) is 9.75. The van der Waals surface area contributed by atoms with Crippen LogP contribution < -0.4 is 0 Å². The maximum atomic E-state index is 2.43. The van der Waals surface area contributed by atoms with Crippen LogP contribution in [0.5, 0.6) is 0 Å². The van der Waals surface area contributed by atoms with Gasteiger partial charge in [-0.3, -0.25) is 0 Å². The second kappa shape index (κ2) is 11.4. The molecule has 9 aromatic carbocycles. The number of hydrogen-bond donors (Lipinski definition) is 0. The van der Waals surface area contributed by atoms with E-state index in [0.29, 0.717) is 0 Å². The minimum atomic E-state index is 0.855. The summed E-state index contributed by atoms with van der Waals surface area (Å²) in [5, 5.41) is 10.3. The molecule has 0 saturated heterocycles. The third-order valence-electron chi connectivity index (χ3n) is 9.75. The van der Waals surface area contributed by atoms with Gasteiger partial charge in [0.15, 0.2) is 0 Å². The van der Waals surface area contributed by atoms with Gasteiger partial charge in [0.1, 0.15) is 0 Å². The van der Waals surface area contributed by atoms with Crippen LogP contribution in [0, 0.1) is 0 Å². The van der Waals surface area contributed by atoms with E-state index in [0.717, 1.165) is 6.42 Å². The molecule has 0 aliphatic heterocycles. The first-order valence-corrected chi connectivity index (χ1v) is 16.4. The Bertz CT molecular complexity index is 2520. The maximum absolute atomic E-state index is 2.43. The van der Waals surface area contributed by atoms with Crippen molar-refractivity contribution in [1.29, 1.82) is 0 Å². The summed E-state index contributed by atoms with van der Waals surface area (Å²) in [5.74, 6) is 0. The van der Waals surface area contributed by atoms with E-state index in [9.17, 15) is 0 Å². The third kappa shape index (κ3) is 4.69. The van der Waals surface area contributed by atoms with Crippen molar-refractivity contribution in [2.24, 2.45) is 0 Å². The SMILES string of the molecule is c1ccc(-c2ccccc2Cc2c3ccccc3c(-c3ccc4c(c3)c(-c3ccccc3)cc3ccccc34)c3ccccc23)cc1. The van der Waals surface area contributed by atoms with Crippen molar-refractivity contribution >= 4 is 43.1 Å². The fraction of sp³-hybridized carbons (Fsp3) is 0.0213. The fourth-order valence-electron chi connectivity index (χ4n) is 7.60. The van der Waals surface area contributed by atoms with Crippen LogP contribution in [0.15, 0.2) is 182 Å². The van der Waals surface area contributed by atoms with Gasteiger partial charge in [-0.25, -0.2) is 0 Å². The summed E-state index contributed by atoms with van der Waals surface area (Å²) in [5.41, 5.74) is 10.3. The van der Waals surface area contributed by atoms with Crippen LogP contribution in [0.1, 0.15) is 11.1 Å². The molecule has 0 spiro atoms. The standard InChI is InChI=1S/C47H32/c1-3-15-32(16-4-1)37-21-9-7-19-34(37)30-45-39-23-11-13-25-42(39)47(43-26-14-12-24-40(43)45)36-27-28-41-38-22-10-8-20-35(38)29-44(46(41)31-36)33-17-5-2-6-18-33/h1-29,31H,30H2. The van der Waals surface area contributed by atoms with Crippen molar-refractivity contribution in [1.82, 2.24) is 0 Å². The molecule has 0 aliphatic rings. The lowest BCUT2D eigenvalue weighted by atomic mass is 9.84. The molecule has 0 aliphatic carbocycles. The molecular formula is C47H32. The highest BCUT2D eigenvalue weighted by molar-refractivity contribution is 6.19. The van der Waals surface area contributed by atoms with E-state index >= 15 is 0 Å². The number of rotatable bonds is 5. The monoisotopic (exact) mass is 596 g/mol. The summed E-state index contributed by atoms with van der Waals surface area (Å²) in [6.07, 6.45) is 0.855. The first-order valence-electron chi connectivity index (χ1n) is 16.4. The molecule has 0 fully saturated rings. The van der Waals surface area contributed by atoms with Crippen LogP contribution in [0.2, 0.25) is 0 Å². The van der Waals surface area contributed by atoms with Crippen molar-refractivity contribution in [2.75, 3.05) is 0 Å². The Morgan fingerprint density at radius 3 is 1.51 bits per heavy atom. The Morgan fingerprint density at radius 1 is 0.298 bits per heavy atom. The van der Waals surface area contributed by atoms with Crippen molar-refractivity contribution in [2.45, 2.75) is 6.42 Å². The maximum Gasteiger partial charge on any atom is -0.000728 e. The Balaban J connectivity index is 1.31. The Kier molecular flexibility index (Phi) is 6.65. The van der Waals surface area contributed by atoms with Gasteiger partial charge in [0.25, 0.3) is 0 Å². The minimum Gasteiger partial charge on any atom is -0.0622 e. The summed E-state index contributed by atoms with van der Waals surface area (Å²) < 4.78 is 0. The second-order valence-corrected chi connectivity index (χ2v) is 12.4. The predicted octanol–water partition coefficient (Wildman–Crippen LogP) is 12.9. The average Bonchev–Trinajstić information content (AvgIpc) is 3.15. The van der Waals surface area contributed by atoms with Gasteiger partial charge in [0.2, 0.25) is 0 Å². The summed E-state index contributed by atoms with van der Waals surface area (Å²) in [4.78, 5) is 0. The first kappa shape index (κ1) is 27.3. The lowest BCUT2D eigenvalue weighted by Crippen LogP contribution is -1.97. The highest BCUT2D eigenvalue weighted by atomic mass is 14.2. The van der Waals surface area contributed by atoms with E-state index in [-0.39, 0.29) is 0 Å². The van der Waals surface area contributed by atoms with Gasteiger partial charge in [-0.1, -0.05) is 170 Å². The van der Waals surface area contributed by atoms with Gasteiger partial charge in [-0.15, -0.1) is 0 Å². The second-order valence-electron chi connectivity index (χ2n) is 12.4. The zero-order valence-corrected chi connectivity index (χ0v) is 26.0. The van der Waals surface area contributed by atoms with E-state index in [4.69, 9.17) is 0 Å². The molecular weight excluding hydrogens is 565 g/mol. The van der Waals surface area contributed by atoms with Gasteiger partial charge in [-0.2, -0.15) is 0 Å². The summed E-state index contributed by atoms with van der Waals surface area (Å²) in [6.45, 7) is 0. The molecule has 0 aromatic heterocycles. The lowest BCUT2D eigenvalue weighted by molar-refractivity contribution is 1.23. The molecule has 9 rings (SSSR count). The zero-order valence-electron chi connectivity index (χ0n) is 26.0. The molecule has 0 saturated carbocycles. The molecule has 0 radical (unpaired) electrons. The molecule has 9 aromatic rings. The van der Waals surface area contributed by atoms with Crippen LogP contribution in [0.4, 0.5) is 0 Å². The molecule has 0 amide bonds. The number of benzene rings is 9. The summed E-state index contributed by atoms with van der Waals surface area (Å²) in [7, 11) is 0. The van der Waals surface area contributed by atoms with E-state index in [2.05, 4.69) is 182 Å². The zero-order chi connectivity index (χ0) is 31.2. The van der Waals surface area contributed by atoms with Gasteiger partial charge in [-0.05, 0) is 106 Å². The molecule has 0 N–H and O–H groups in total. The highest BCUT2D eigenvalue weighted by Crippen LogP contribution is 2.43. The Labute approximate surface area is 275 Å². The molecule has 0 heteroatoms. The topological polar surface area (TPSA) is 0 Å². The van der Waals surface area contributed by atoms with Crippen LogP contribution in [0.25, 0.3) is 76.5 Å². The van der Waals surface area contributed by atoms with Crippen molar-refractivity contribution in [3.05, 3.63) is 193 Å². The van der Waals surface area contributed by atoms with Crippen LogP contribution >= 0.6 is 0 Å². The Hall–Kier alpha value is -5.98. The molecule has 0 unspecified atom stereocenters. The van der Waals surface area contributed by atoms with Gasteiger partial charge in [0.05, 0.1) is 0 Å². The van der Waals surface area contributed by atoms with Crippen LogP contribution in [-0.4, -0.2) is 0 Å². The molecule has 220 valence electrons. The van der Waals surface area contributed by atoms with E-state index in [1.807, 2.05) is 0 Å². The smallest absolute Gasteiger partial charge is 0.000728 e.